The molecule has 0 radical (unpaired) electrons. The second kappa shape index (κ2) is 4.57. The molecule has 4 nitrogen and oxygen atoms in total. The first-order valence-electron chi connectivity index (χ1n) is 5.01. The van der Waals surface area contributed by atoms with Crippen molar-refractivity contribution in [3.05, 3.63) is 17.0 Å². The van der Waals surface area contributed by atoms with E-state index in [1.165, 1.54) is 19.0 Å². The molecule has 1 aromatic heterocycles. The standard InChI is InChI=1S/C10H12ClN3O/c11-10-8(6-15)13-5-9(14-10)12-4-3-7-1-2-7/h5-7H,1-4H2,(H,12,14). The van der Waals surface area contributed by atoms with Crippen LogP contribution in [0.1, 0.15) is 29.8 Å². The van der Waals surface area contributed by atoms with E-state index in [-0.39, 0.29) is 10.8 Å². The highest BCUT2D eigenvalue weighted by molar-refractivity contribution is 6.31. The van der Waals surface area contributed by atoms with Crippen molar-refractivity contribution in [1.29, 1.82) is 0 Å². The Morgan fingerprint density at radius 3 is 3.00 bits per heavy atom. The van der Waals surface area contributed by atoms with Gasteiger partial charge >= 0.3 is 0 Å². The molecule has 5 heteroatoms. The molecule has 0 aromatic carbocycles. The summed E-state index contributed by atoms with van der Waals surface area (Å²) in [5, 5.41) is 3.29. The van der Waals surface area contributed by atoms with Gasteiger partial charge in [-0.15, -0.1) is 0 Å². The molecule has 0 bridgehead atoms. The second-order valence-corrected chi connectivity index (χ2v) is 4.07. The van der Waals surface area contributed by atoms with Crippen LogP contribution in [0.5, 0.6) is 0 Å². The maximum absolute atomic E-state index is 10.4. The molecular weight excluding hydrogens is 214 g/mol. The van der Waals surface area contributed by atoms with Crippen molar-refractivity contribution in [2.75, 3.05) is 11.9 Å². The Bertz CT molecular complexity index is 366. The predicted molar refractivity (Wildman–Crippen MR) is 58.3 cm³/mol. The van der Waals surface area contributed by atoms with Gasteiger partial charge in [-0.3, -0.25) is 4.79 Å². The molecule has 1 aliphatic carbocycles. The number of carbonyl (C=O) groups is 1. The van der Waals surface area contributed by atoms with Gasteiger partial charge in [-0.1, -0.05) is 24.4 Å². The van der Waals surface area contributed by atoms with Crippen LogP contribution in [0.4, 0.5) is 5.82 Å². The third kappa shape index (κ3) is 2.89. The van der Waals surface area contributed by atoms with Crippen molar-refractivity contribution < 1.29 is 4.79 Å². The van der Waals surface area contributed by atoms with Crippen molar-refractivity contribution in [3.63, 3.8) is 0 Å². The highest BCUT2D eigenvalue weighted by Gasteiger charge is 2.20. The summed E-state index contributed by atoms with van der Waals surface area (Å²) in [6.07, 6.45) is 5.98. The van der Waals surface area contributed by atoms with Gasteiger partial charge in [0.25, 0.3) is 0 Å². The summed E-state index contributed by atoms with van der Waals surface area (Å²) in [6, 6.07) is 0. The summed E-state index contributed by atoms with van der Waals surface area (Å²) in [6.45, 7) is 0.885. The fraction of sp³-hybridized carbons (Fsp3) is 0.500. The van der Waals surface area contributed by atoms with Crippen molar-refractivity contribution in [3.8, 4) is 0 Å². The molecule has 15 heavy (non-hydrogen) atoms. The van der Waals surface area contributed by atoms with Crippen LogP contribution < -0.4 is 5.32 Å². The zero-order valence-corrected chi connectivity index (χ0v) is 9.00. The second-order valence-electron chi connectivity index (χ2n) is 3.71. The third-order valence-corrected chi connectivity index (χ3v) is 2.70. The van der Waals surface area contributed by atoms with Crippen molar-refractivity contribution in [1.82, 2.24) is 9.97 Å². The molecular formula is C10H12ClN3O. The predicted octanol–water partition coefficient (Wildman–Crippen LogP) is 2.15. The van der Waals surface area contributed by atoms with Gasteiger partial charge in [-0.25, -0.2) is 9.97 Å². The van der Waals surface area contributed by atoms with Crippen LogP contribution in [-0.2, 0) is 0 Å². The molecule has 1 heterocycles. The van der Waals surface area contributed by atoms with E-state index < -0.39 is 0 Å². The minimum atomic E-state index is 0.154. The average molecular weight is 226 g/mol. The first-order chi connectivity index (χ1) is 7.29. The van der Waals surface area contributed by atoms with Crippen LogP contribution in [0, 0.1) is 5.92 Å². The highest BCUT2D eigenvalue weighted by atomic mass is 35.5. The lowest BCUT2D eigenvalue weighted by Gasteiger charge is -2.04. The van der Waals surface area contributed by atoms with Gasteiger partial charge in [-0.2, -0.15) is 0 Å². The van der Waals surface area contributed by atoms with E-state index in [1.54, 1.807) is 0 Å². The van der Waals surface area contributed by atoms with Crippen molar-refractivity contribution in [2.45, 2.75) is 19.3 Å². The molecule has 1 fully saturated rings. The van der Waals surface area contributed by atoms with E-state index in [0.717, 1.165) is 18.9 Å². The normalized spacial score (nSPS) is 15.0. The number of hydrogen-bond acceptors (Lipinski definition) is 4. The lowest BCUT2D eigenvalue weighted by atomic mass is 10.3. The summed E-state index contributed by atoms with van der Waals surface area (Å²) in [7, 11) is 0. The van der Waals surface area contributed by atoms with Crippen LogP contribution in [0.2, 0.25) is 5.15 Å². The van der Waals surface area contributed by atoms with Gasteiger partial charge in [0.05, 0.1) is 6.20 Å². The first kappa shape index (κ1) is 10.4. The molecule has 0 saturated heterocycles. The van der Waals surface area contributed by atoms with Gasteiger partial charge in [-0.05, 0) is 12.3 Å². The molecule has 1 saturated carbocycles. The number of rotatable bonds is 5. The van der Waals surface area contributed by atoms with E-state index in [1.807, 2.05) is 0 Å². The van der Waals surface area contributed by atoms with Crippen LogP contribution >= 0.6 is 11.6 Å². The van der Waals surface area contributed by atoms with Crippen LogP contribution in [0.3, 0.4) is 0 Å². The zero-order valence-electron chi connectivity index (χ0n) is 8.24. The smallest absolute Gasteiger partial charge is 0.171 e. The average Bonchev–Trinajstić information content (AvgIpc) is 3.02. The van der Waals surface area contributed by atoms with Gasteiger partial charge < -0.3 is 5.32 Å². The third-order valence-electron chi connectivity index (χ3n) is 2.42. The number of anilines is 1. The topological polar surface area (TPSA) is 54.9 Å². The van der Waals surface area contributed by atoms with Crippen LogP contribution in [0.15, 0.2) is 6.20 Å². The fourth-order valence-electron chi connectivity index (χ4n) is 1.35. The molecule has 1 aromatic rings. The molecule has 0 unspecified atom stereocenters. The van der Waals surface area contributed by atoms with Crippen LogP contribution in [-0.4, -0.2) is 22.8 Å². The van der Waals surface area contributed by atoms with Gasteiger partial charge in [0.1, 0.15) is 11.5 Å². The molecule has 0 spiro atoms. The SMILES string of the molecule is O=Cc1ncc(NCCC2CC2)nc1Cl. The Kier molecular flexibility index (Phi) is 3.16. The minimum Gasteiger partial charge on any atom is -0.369 e. The zero-order chi connectivity index (χ0) is 10.7. The lowest BCUT2D eigenvalue weighted by Crippen LogP contribution is -2.05. The number of aldehydes is 1. The summed E-state index contributed by atoms with van der Waals surface area (Å²) < 4.78 is 0. The fourth-order valence-corrected chi connectivity index (χ4v) is 1.54. The highest BCUT2D eigenvalue weighted by Crippen LogP contribution is 2.32. The van der Waals surface area contributed by atoms with E-state index in [9.17, 15) is 4.79 Å². The van der Waals surface area contributed by atoms with Crippen molar-refractivity contribution in [2.24, 2.45) is 5.92 Å². The number of nitrogens with zero attached hydrogens (tertiary/aromatic N) is 2. The van der Waals surface area contributed by atoms with Crippen LogP contribution in [0.25, 0.3) is 0 Å². The lowest BCUT2D eigenvalue weighted by molar-refractivity contribution is 0.111. The number of aromatic nitrogens is 2. The number of halogens is 1. The van der Waals surface area contributed by atoms with E-state index in [0.29, 0.717) is 12.1 Å². The number of carbonyl (C=O) groups excluding carboxylic acids is 1. The summed E-state index contributed by atoms with van der Waals surface area (Å²) >= 11 is 5.74. The number of nitrogens with one attached hydrogen (secondary N) is 1. The van der Waals surface area contributed by atoms with Gasteiger partial charge in [0.15, 0.2) is 11.4 Å². The maximum atomic E-state index is 10.4. The Labute approximate surface area is 93.1 Å². The first-order valence-corrected chi connectivity index (χ1v) is 5.39. The van der Waals surface area contributed by atoms with Gasteiger partial charge in [0, 0.05) is 6.54 Å². The van der Waals surface area contributed by atoms with E-state index in [2.05, 4.69) is 15.3 Å². The largest absolute Gasteiger partial charge is 0.369 e. The Hall–Kier alpha value is -1.16. The Morgan fingerprint density at radius 2 is 2.40 bits per heavy atom. The van der Waals surface area contributed by atoms with E-state index >= 15 is 0 Å². The summed E-state index contributed by atoms with van der Waals surface area (Å²) in [5.41, 5.74) is 0.185. The number of hydrogen-bond donors (Lipinski definition) is 1. The molecule has 1 aliphatic rings. The Balaban J connectivity index is 1.89. The Morgan fingerprint density at radius 1 is 1.60 bits per heavy atom. The maximum Gasteiger partial charge on any atom is 0.171 e. The minimum absolute atomic E-state index is 0.154. The molecule has 0 aliphatic heterocycles. The van der Waals surface area contributed by atoms with E-state index in [4.69, 9.17) is 11.6 Å². The molecule has 80 valence electrons. The quantitative estimate of drug-likeness (QED) is 0.781. The molecule has 0 atom stereocenters. The summed E-state index contributed by atoms with van der Waals surface area (Å²) in [4.78, 5) is 18.3. The molecule has 1 N–H and O–H groups in total. The van der Waals surface area contributed by atoms with Gasteiger partial charge in [0.2, 0.25) is 0 Å². The molecule has 2 rings (SSSR count). The monoisotopic (exact) mass is 225 g/mol. The summed E-state index contributed by atoms with van der Waals surface area (Å²) in [5.74, 6) is 1.52. The van der Waals surface area contributed by atoms with Crippen molar-refractivity contribution >= 4 is 23.7 Å². The molecule has 0 amide bonds.